The van der Waals surface area contributed by atoms with Gasteiger partial charge in [0.1, 0.15) is 43.2 Å². The lowest BCUT2D eigenvalue weighted by atomic mass is 9.98. The Morgan fingerprint density at radius 1 is 0.429 bits per heavy atom. The third-order valence-electron chi connectivity index (χ3n) is 20.3. The first-order valence-corrected chi connectivity index (χ1v) is 46.6. The second-order valence-electron chi connectivity index (χ2n) is 30.2. The number of methoxy groups -OCH3 is 2. The molecule has 0 spiro atoms. The molecule has 16 rings (SSSR count). The van der Waals surface area contributed by atoms with Crippen LogP contribution in [-0.2, 0) is 57.8 Å². The Balaban J connectivity index is 0.000000218. The van der Waals surface area contributed by atoms with Crippen LogP contribution in [0.15, 0.2) is 315 Å². The average molecular weight is 2090 g/mol. The number of nitrogens with one attached hydrogen (secondary N) is 10. The highest BCUT2D eigenvalue weighted by Crippen LogP contribution is 2.46. The number of rotatable bonds is 27. The van der Waals surface area contributed by atoms with Crippen molar-refractivity contribution in [1.82, 2.24) is 80.8 Å². The number of carboxylic acids is 1. The molecule has 8 aromatic carbocycles. The zero-order chi connectivity index (χ0) is 107. The number of benzene rings is 8. The summed E-state index contributed by atoms with van der Waals surface area (Å²) in [5, 5.41) is 56.2. The third-order valence-corrected chi connectivity index (χ3v) is 21.1. The van der Waals surface area contributed by atoms with Gasteiger partial charge in [-0.25, -0.2) is 38.9 Å². The summed E-state index contributed by atoms with van der Waals surface area (Å²) in [7, 11) is 2.57. The molecule has 0 saturated heterocycles. The second-order valence-corrected chi connectivity index (χ2v) is 31.1. The van der Waals surface area contributed by atoms with Crippen LogP contribution < -0.4 is 82.0 Å². The number of aliphatic carboxylic acids is 1. The largest absolute Gasteiger partial charge is 0.480 e. The van der Waals surface area contributed by atoms with Crippen LogP contribution in [0.2, 0.25) is 5.02 Å². The Labute approximate surface area is 853 Å². The molecule has 0 saturated carbocycles. The van der Waals surface area contributed by atoms with Crippen molar-refractivity contribution in [1.29, 1.82) is 0 Å². The first-order chi connectivity index (χ1) is 71.0. The Bertz CT molecular complexity index is 7050. The number of anilines is 6. The number of likely N-dealkylation sites (N-methyl/N-ethyl adjacent to an activating group) is 2. The molecule has 43 nitrogen and oxygen atoms in total. The second kappa shape index (κ2) is 60.7. The maximum absolute atomic E-state index is 12.9. The molecule has 0 radical (unpaired) electrons. The van der Waals surface area contributed by atoms with Crippen molar-refractivity contribution in [2.45, 2.75) is 59.2 Å². The topological polar surface area (TPSA) is 609 Å². The van der Waals surface area contributed by atoms with E-state index >= 15 is 0 Å². The van der Waals surface area contributed by atoms with Crippen molar-refractivity contribution in [2.24, 2.45) is 0 Å². The Kier molecular flexibility index (Phi) is 47.1. The monoisotopic (exact) mass is 2090 g/mol. The predicted molar refractivity (Wildman–Crippen MR) is 555 cm³/mol. The molecule has 2 aliphatic carbocycles. The third kappa shape index (κ3) is 37.2. The van der Waals surface area contributed by atoms with Crippen LogP contribution in [0.25, 0.3) is 22.3 Å². The summed E-state index contributed by atoms with van der Waals surface area (Å²) >= 11 is 8.27. The lowest BCUT2D eigenvalue weighted by molar-refractivity contribution is -0.142. The fourth-order valence-corrected chi connectivity index (χ4v) is 13.7. The van der Waals surface area contributed by atoms with Crippen LogP contribution in [0.5, 0.6) is 0 Å². The van der Waals surface area contributed by atoms with E-state index in [9.17, 15) is 76.7 Å². The van der Waals surface area contributed by atoms with E-state index in [2.05, 4.69) is 157 Å². The maximum atomic E-state index is 12.9. The number of fused-ring (bicyclic) bond motifs is 6. The van der Waals surface area contributed by atoms with Crippen molar-refractivity contribution in [3.05, 3.63) is 398 Å². The minimum atomic E-state index is -1.17. The molecule has 0 unspecified atom stereocenters. The SMILES string of the molecule is CC.CCN(CCNC(=O)OCC1c2ccccc2-c2ccccc21)C(=O)Cn1ncc(NC(=O)c2ccccc2)cc1=O.CCNCCNC(=O)OCC1c2ccccc2-c2ccccc21.COC(=O)CBr.COC(=O)Cn1ncc(NC(=O)c2ccccc2)cc1=O.Nc1cn[nH]c(=O)c1.Nc1cn[nH]c(=O)c1Cl.O=C(Nc1cn[nH]c(=O)c1)c1ccccc1.O=C(O)Cn1ncc(NC(=O)c2ccccc2)cc1=O. The number of hydrogen-bond donors (Lipinski definition) is 13. The van der Waals surface area contributed by atoms with Crippen molar-refractivity contribution in [2.75, 3.05) is 105 Å². The first kappa shape index (κ1) is 114. The number of ether oxygens (including phenoxy) is 4. The number of amides is 7. The van der Waals surface area contributed by atoms with E-state index in [0.717, 1.165) is 55.5 Å². The number of nitrogen functional groups attached to an aromatic ring is 2. The van der Waals surface area contributed by atoms with Crippen molar-refractivity contribution < 1.29 is 72.0 Å². The van der Waals surface area contributed by atoms with E-state index in [0.29, 0.717) is 53.3 Å². The minimum absolute atomic E-state index is 0.00926. The number of esters is 2. The van der Waals surface area contributed by atoms with E-state index in [-0.39, 0.29) is 130 Å². The van der Waals surface area contributed by atoms with Gasteiger partial charge in [-0.05, 0) is 107 Å². The molecule has 7 amide bonds. The average Bonchev–Trinajstić information content (AvgIpc) is 1.62. The summed E-state index contributed by atoms with van der Waals surface area (Å²) in [4.78, 5) is 186. The van der Waals surface area contributed by atoms with Gasteiger partial charge in [0.2, 0.25) is 5.91 Å². The zero-order valence-electron chi connectivity index (χ0n) is 80.3. The van der Waals surface area contributed by atoms with E-state index < -0.39 is 46.8 Å². The number of alkyl carbamates (subject to hydrolysis) is 2. The van der Waals surface area contributed by atoms with Gasteiger partial charge in [0.25, 0.3) is 57.0 Å². The summed E-state index contributed by atoms with van der Waals surface area (Å²) < 4.78 is 22.4. The van der Waals surface area contributed by atoms with E-state index in [1.807, 2.05) is 82.3 Å². The highest BCUT2D eigenvalue weighted by molar-refractivity contribution is 9.09. The van der Waals surface area contributed by atoms with Gasteiger partial charge >= 0.3 is 30.1 Å². The van der Waals surface area contributed by atoms with Crippen LogP contribution in [0.4, 0.5) is 43.7 Å². The molecule has 6 aromatic heterocycles. The molecule has 147 heavy (non-hydrogen) atoms. The molecule has 764 valence electrons. The smallest absolute Gasteiger partial charge is 0.407 e. The lowest BCUT2D eigenvalue weighted by Gasteiger charge is -2.21. The Morgan fingerprint density at radius 3 is 1.10 bits per heavy atom. The van der Waals surface area contributed by atoms with E-state index in [1.54, 1.807) is 115 Å². The van der Waals surface area contributed by atoms with Crippen LogP contribution in [0.3, 0.4) is 0 Å². The predicted octanol–water partition coefficient (Wildman–Crippen LogP) is 10.2. The van der Waals surface area contributed by atoms with Gasteiger partial charge in [-0.3, -0.25) is 67.1 Å². The van der Waals surface area contributed by atoms with Gasteiger partial charge < -0.3 is 77.6 Å². The highest BCUT2D eigenvalue weighted by Gasteiger charge is 2.31. The molecule has 2 aliphatic rings. The van der Waals surface area contributed by atoms with E-state index in [1.165, 1.54) is 103 Å². The summed E-state index contributed by atoms with van der Waals surface area (Å²) in [6, 6.07) is 73.4. The fraction of sp³-hybridized carbons (Fsp3) is 0.196. The minimum Gasteiger partial charge on any atom is -0.480 e. The van der Waals surface area contributed by atoms with Crippen molar-refractivity contribution in [3.63, 3.8) is 0 Å². The number of halogens is 2. The number of aromatic nitrogens is 12. The Morgan fingerprint density at radius 2 is 0.776 bits per heavy atom. The van der Waals surface area contributed by atoms with Crippen molar-refractivity contribution >= 4 is 121 Å². The summed E-state index contributed by atoms with van der Waals surface area (Å²) in [5.74, 6) is -3.60. The van der Waals surface area contributed by atoms with Crippen LogP contribution >= 0.6 is 27.5 Å². The van der Waals surface area contributed by atoms with Gasteiger partial charge in [-0.2, -0.15) is 30.6 Å². The number of carbonyl (C=O) groups excluding carboxylic acids is 9. The molecule has 0 fully saturated rings. The van der Waals surface area contributed by atoms with Gasteiger partial charge in [0, 0.05) is 97.1 Å². The molecular formula is C102H106BrClN22O21. The van der Waals surface area contributed by atoms with Gasteiger partial charge in [-0.1, -0.05) is 218 Å². The molecule has 0 aliphatic heterocycles. The number of hydrogen-bond acceptors (Lipinski definition) is 29. The van der Waals surface area contributed by atoms with E-state index in [4.69, 9.17) is 37.6 Å². The molecule has 15 N–H and O–H groups in total. The number of carbonyl (C=O) groups is 10. The highest BCUT2D eigenvalue weighted by atomic mass is 79.9. The molecule has 0 bridgehead atoms. The summed E-state index contributed by atoms with van der Waals surface area (Å²) in [6.45, 7) is 10.4. The normalized spacial score (nSPS) is 10.6. The first-order valence-electron chi connectivity index (χ1n) is 45.1. The fourth-order valence-electron chi connectivity index (χ4n) is 13.3. The number of carboxylic acid groups (broad SMARTS) is 1. The van der Waals surface area contributed by atoms with Crippen LogP contribution in [-0.4, -0.2) is 202 Å². The molecule has 14 aromatic rings. The molecular weight excluding hydrogens is 1980 g/mol. The summed E-state index contributed by atoms with van der Waals surface area (Å²) in [6.07, 6.45) is 6.96. The molecule has 45 heteroatoms. The summed E-state index contributed by atoms with van der Waals surface area (Å²) in [5.41, 5.74) is 20.7. The molecule has 6 heterocycles. The van der Waals surface area contributed by atoms with Crippen LogP contribution in [0.1, 0.15) is 103 Å². The quantitative estimate of drug-likeness (QED) is 0.00984. The van der Waals surface area contributed by atoms with Crippen molar-refractivity contribution in [3.8, 4) is 22.3 Å². The zero-order valence-corrected chi connectivity index (χ0v) is 82.6. The van der Waals surface area contributed by atoms with Gasteiger partial charge in [-0.15, -0.1) is 0 Å². The Hall–Kier alpha value is -18.3. The lowest BCUT2D eigenvalue weighted by Crippen LogP contribution is -2.41. The number of aromatic amines is 3. The van der Waals surface area contributed by atoms with Gasteiger partial charge in [0.15, 0.2) is 0 Å². The molecule has 0 atom stereocenters. The maximum Gasteiger partial charge on any atom is 0.407 e. The number of alkyl halides is 1. The van der Waals surface area contributed by atoms with Gasteiger partial charge in [0.05, 0.1) is 85.5 Å². The number of nitrogens with two attached hydrogens (primary N) is 2. The van der Waals surface area contributed by atoms with Crippen LogP contribution in [0, 0.1) is 0 Å². The standard InChI is InChI=1S/C32H31N5O5.C19H22N2O2.C14H13N3O4.C13H11N3O4.C11H9N3O2.C4H4ClN3O.C4H5N3O.C3H5BrO2.C2H6/c1-2-36(30(39)20-37-29(38)18-23(19-34-37)35-31(40)22-10-4-3-5-11-22)17-16-33-32(41)42-21-28-26-14-8-6-12-24(26)25-13-7-9-15-27(25)28;1-2-20-11-12-21-19(22)23-13-18-16-9-5-3-7-14(16)15-8-4-6-10-17(15)18;1-21-13(19)9-17-12(18)7-11(8-15-17)16-14(20)10-5-3-2-4-6-10;17-11-6-10(7-14-16(11)8-12(18)19)15-13(20)9-4-2-1-3-5-9;15-10-6-9(7-12-14-10)13-11(16)8-4-2-1-3-5-8;5-3-2(6)1-7-8-4(3)9;5-3-1-4(8)7-6-2-3;1-6-3(5)2-4;1-2/h3-15,18-19,28H,2,16-17,20-21H2,1H3,(H,33,41)(H,35,40);3-10,18,20H,2,11-13H2,1H3,(H,21,22);2-8H,9H2,1H3,(H,16,20);1-7H,8H2,(H,15,20)(H,18,19);1-7H,(H2,13,14,15,16);1H,(H3,6,8,9);1-2H,(H3,5,7,8);2H2,1H3;1-2H3. The number of nitrogens with zero attached hydrogens (tertiary/aromatic N) is 10. The number of H-pyrrole nitrogens is 3.